The number of carbonyl (C=O) groups is 2. The highest BCUT2D eigenvalue weighted by Crippen LogP contribution is 2.33. The Morgan fingerprint density at radius 1 is 1.00 bits per heavy atom. The van der Waals surface area contributed by atoms with Gasteiger partial charge in [-0.15, -0.1) is 0 Å². The molecule has 2 aliphatic rings. The summed E-state index contributed by atoms with van der Waals surface area (Å²) in [6.45, 7) is 2.33. The van der Waals surface area contributed by atoms with Crippen LogP contribution in [0.4, 0.5) is 11.4 Å². The molecule has 0 saturated carbocycles. The number of carbonyl (C=O) groups excluding carboxylic acids is 2. The van der Waals surface area contributed by atoms with Crippen molar-refractivity contribution < 1.29 is 27.5 Å². The fourth-order valence-electron chi connectivity index (χ4n) is 4.13. The predicted octanol–water partition coefficient (Wildman–Crippen LogP) is 3.06. The van der Waals surface area contributed by atoms with Gasteiger partial charge in [-0.25, -0.2) is 13.1 Å². The summed E-state index contributed by atoms with van der Waals surface area (Å²) < 4.78 is 38.9. The summed E-state index contributed by atoms with van der Waals surface area (Å²) in [5.74, 6) is 0.737. The molecule has 0 bridgehead atoms. The van der Waals surface area contributed by atoms with Gasteiger partial charge in [0.2, 0.25) is 22.7 Å². The Bertz CT molecular complexity index is 1440. The summed E-state index contributed by atoms with van der Waals surface area (Å²) >= 11 is 0. The van der Waals surface area contributed by atoms with Crippen LogP contribution in [0.3, 0.4) is 0 Å². The monoisotopic (exact) mass is 493 g/mol. The third-order valence-corrected chi connectivity index (χ3v) is 7.32. The van der Waals surface area contributed by atoms with Crippen molar-refractivity contribution in [3.63, 3.8) is 0 Å². The van der Waals surface area contributed by atoms with Crippen molar-refractivity contribution in [2.75, 3.05) is 23.6 Å². The van der Waals surface area contributed by atoms with E-state index in [1.54, 1.807) is 41.3 Å². The number of fused-ring (bicyclic) bond motifs is 2. The highest BCUT2D eigenvalue weighted by Gasteiger charge is 2.23. The summed E-state index contributed by atoms with van der Waals surface area (Å²) in [6.07, 6.45) is 0.710. The van der Waals surface area contributed by atoms with Crippen LogP contribution in [-0.4, -0.2) is 33.6 Å². The van der Waals surface area contributed by atoms with Crippen LogP contribution in [0.1, 0.15) is 28.4 Å². The highest BCUT2D eigenvalue weighted by molar-refractivity contribution is 7.89. The number of sulfonamides is 1. The second kappa shape index (κ2) is 9.05. The van der Waals surface area contributed by atoms with Gasteiger partial charge in [-0.3, -0.25) is 9.59 Å². The first-order valence-corrected chi connectivity index (χ1v) is 12.5. The average Bonchev–Trinajstić information content (AvgIpc) is 3.49. The molecule has 0 saturated heterocycles. The Labute approximate surface area is 202 Å². The van der Waals surface area contributed by atoms with Crippen LogP contribution in [0.2, 0.25) is 0 Å². The van der Waals surface area contributed by atoms with E-state index in [2.05, 4.69) is 10.0 Å². The summed E-state index contributed by atoms with van der Waals surface area (Å²) in [6, 6.07) is 16.4. The van der Waals surface area contributed by atoms with Crippen molar-refractivity contribution in [1.29, 1.82) is 0 Å². The lowest BCUT2D eigenvalue weighted by molar-refractivity contribution is -0.116. The maximum Gasteiger partial charge on any atom is 0.255 e. The van der Waals surface area contributed by atoms with E-state index in [-0.39, 0.29) is 29.7 Å². The third-order valence-electron chi connectivity index (χ3n) is 5.92. The molecule has 180 valence electrons. The van der Waals surface area contributed by atoms with Gasteiger partial charge in [0.05, 0.1) is 4.90 Å². The van der Waals surface area contributed by atoms with E-state index in [0.717, 1.165) is 11.3 Å². The number of nitrogens with zero attached hydrogens (tertiary/aromatic N) is 1. The first kappa shape index (κ1) is 22.9. The quantitative estimate of drug-likeness (QED) is 0.546. The molecule has 2 aliphatic heterocycles. The van der Waals surface area contributed by atoms with Crippen LogP contribution < -0.4 is 24.4 Å². The van der Waals surface area contributed by atoms with Crippen molar-refractivity contribution >= 4 is 33.2 Å². The zero-order chi connectivity index (χ0) is 24.6. The van der Waals surface area contributed by atoms with Gasteiger partial charge in [-0.05, 0) is 66.1 Å². The Balaban J connectivity index is 1.27. The molecule has 0 atom stereocenters. The SMILES string of the molecule is CC(=O)N1CCc2cc(NC(=O)c3cccc(S(=O)(=O)NCc4ccc5c(c4)OCO5)c3)ccc21. The number of hydrogen-bond acceptors (Lipinski definition) is 6. The molecule has 10 heteroatoms. The van der Waals surface area contributed by atoms with Gasteiger partial charge < -0.3 is 19.7 Å². The molecule has 0 aromatic heterocycles. The largest absolute Gasteiger partial charge is 0.454 e. The Morgan fingerprint density at radius 3 is 2.66 bits per heavy atom. The highest BCUT2D eigenvalue weighted by atomic mass is 32.2. The number of benzene rings is 3. The predicted molar refractivity (Wildman–Crippen MR) is 129 cm³/mol. The van der Waals surface area contributed by atoms with E-state index in [9.17, 15) is 18.0 Å². The topological polar surface area (TPSA) is 114 Å². The molecule has 2 heterocycles. The van der Waals surface area contributed by atoms with E-state index in [4.69, 9.17) is 9.47 Å². The molecule has 0 spiro atoms. The maximum atomic E-state index is 12.9. The van der Waals surface area contributed by atoms with Crippen LogP contribution in [0.5, 0.6) is 11.5 Å². The van der Waals surface area contributed by atoms with Crippen molar-refractivity contribution in [2.24, 2.45) is 0 Å². The van der Waals surface area contributed by atoms with Gasteiger partial charge >= 0.3 is 0 Å². The fourth-order valence-corrected chi connectivity index (χ4v) is 5.19. The van der Waals surface area contributed by atoms with Crippen LogP contribution in [0.25, 0.3) is 0 Å². The number of hydrogen-bond donors (Lipinski definition) is 2. The molecule has 0 aliphatic carbocycles. The molecule has 2 N–H and O–H groups in total. The van der Waals surface area contributed by atoms with Gasteiger partial charge in [0.25, 0.3) is 5.91 Å². The minimum Gasteiger partial charge on any atom is -0.454 e. The smallest absolute Gasteiger partial charge is 0.255 e. The maximum absolute atomic E-state index is 12.9. The zero-order valence-corrected chi connectivity index (χ0v) is 19.7. The van der Waals surface area contributed by atoms with Gasteiger partial charge in [0.1, 0.15) is 0 Å². The Hall–Kier alpha value is -3.89. The Morgan fingerprint density at radius 2 is 1.83 bits per heavy atom. The van der Waals surface area contributed by atoms with Crippen molar-refractivity contribution in [3.05, 3.63) is 77.4 Å². The molecule has 9 nitrogen and oxygen atoms in total. The van der Waals surface area contributed by atoms with E-state index in [0.29, 0.717) is 35.7 Å². The molecule has 3 aromatic rings. The third kappa shape index (κ3) is 4.71. The second-order valence-electron chi connectivity index (χ2n) is 8.26. The molecule has 2 amide bonds. The average molecular weight is 494 g/mol. The minimum absolute atomic E-state index is 0.0167. The summed E-state index contributed by atoms with van der Waals surface area (Å²) in [5, 5.41) is 2.81. The van der Waals surface area contributed by atoms with Crippen molar-refractivity contribution in [2.45, 2.75) is 24.8 Å². The molecule has 5 rings (SSSR count). The normalized spacial score (nSPS) is 14.0. The van der Waals surface area contributed by atoms with Crippen LogP contribution >= 0.6 is 0 Å². The molecule has 35 heavy (non-hydrogen) atoms. The summed E-state index contributed by atoms with van der Waals surface area (Å²) in [7, 11) is -3.86. The van der Waals surface area contributed by atoms with Crippen LogP contribution in [0, 0.1) is 0 Å². The molecule has 0 unspecified atom stereocenters. The van der Waals surface area contributed by atoms with E-state index >= 15 is 0 Å². The number of anilines is 2. The number of rotatable bonds is 6. The molecular formula is C25H23N3O6S. The van der Waals surface area contributed by atoms with Gasteiger partial charge in [-0.1, -0.05) is 12.1 Å². The van der Waals surface area contributed by atoms with Crippen LogP contribution in [0.15, 0.2) is 65.6 Å². The zero-order valence-electron chi connectivity index (χ0n) is 18.9. The van der Waals surface area contributed by atoms with E-state index < -0.39 is 15.9 Å². The lowest BCUT2D eigenvalue weighted by atomic mass is 10.1. The second-order valence-corrected chi connectivity index (χ2v) is 10.0. The number of ether oxygens (including phenoxy) is 2. The van der Waals surface area contributed by atoms with Gasteiger partial charge in [0, 0.05) is 37.0 Å². The number of nitrogens with one attached hydrogen (secondary N) is 2. The van der Waals surface area contributed by atoms with Crippen molar-refractivity contribution in [1.82, 2.24) is 4.72 Å². The van der Waals surface area contributed by atoms with Crippen molar-refractivity contribution in [3.8, 4) is 11.5 Å². The Kier molecular flexibility index (Phi) is 5.91. The summed E-state index contributed by atoms with van der Waals surface area (Å²) in [4.78, 5) is 26.3. The molecular weight excluding hydrogens is 470 g/mol. The molecule has 0 fully saturated rings. The van der Waals surface area contributed by atoms with E-state index in [1.807, 2.05) is 6.07 Å². The first-order chi connectivity index (χ1) is 16.8. The van der Waals surface area contributed by atoms with Gasteiger partial charge in [0.15, 0.2) is 11.5 Å². The summed E-state index contributed by atoms with van der Waals surface area (Å²) in [5.41, 5.74) is 3.32. The van der Waals surface area contributed by atoms with Gasteiger partial charge in [-0.2, -0.15) is 0 Å². The first-order valence-electron chi connectivity index (χ1n) is 11.0. The minimum atomic E-state index is -3.86. The van der Waals surface area contributed by atoms with Crippen LogP contribution in [-0.2, 0) is 27.8 Å². The standard InChI is InChI=1S/C25H23N3O6S/c1-16(29)28-10-9-18-12-20(6-7-22(18)28)27-25(30)19-3-2-4-21(13-19)35(31,32)26-14-17-5-8-23-24(11-17)34-15-33-23/h2-8,11-13,26H,9-10,14-15H2,1H3,(H,27,30). The van der Waals surface area contributed by atoms with E-state index in [1.165, 1.54) is 25.1 Å². The lowest BCUT2D eigenvalue weighted by Crippen LogP contribution is -2.25. The fraction of sp³-hybridized carbons (Fsp3) is 0.200. The number of amides is 2. The lowest BCUT2D eigenvalue weighted by Gasteiger charge is -2.15. The molecule has 0 radical (unpaired) electrons. The molecule has 3 aromatic carbocycles.